The third kappa shape index (κ3) is 3.34. The van der Waals surface area contributed by atoms with E-state index in [4.69, 9.17) is 4.74 Å². The summed E-state index contributed by atoms with van der Waals surface area (Å²) in [5, 5.41) is 4.39. The number of hydrogen-bond donors (Lipinski definition) is 0. The Balaban J connectivity index is 1.35. The zero-order valence-electron chi connectivity index (χ0n) is 17.1. The van der Waals surface area contributed by atoms with Crippen LogP contribution in [-0.4, -0.2) is 27.6 Å². The van der Waals surface area contributed by atoms with E-state index in [-0.39, 0.29) is 17.2 Å². The van der Waals surface area contributed by atoms with Gasteiger partial charge in [0, 0.05) is 24.6 Å². The number of esters is 1. The van der Waals surface area contributed by atoms with Crippen LogP contribution >= 0.6 is 0 Å². The Morgan fingerprint density at radius 2 is 1.70 bits per heavy atom. The second-order valence-corrected chi connectivity index (χ2v) is 9.47. The molecule has 0 spiro atoms. The molecule has 0 aliphatic heterocycles. The standard InChI is InChI=1S/C22H32N2O3/c1-13-19(14(2)24(4)23-13)5-6-20(25)27-15(3)21(26)22-10-16-7-17(11-22)9-18(8-16)12-22/h15-18H,5-12H2,1-4H3/t15-,16?,17?,18?,22?/m0/s1. The Kier molecular flexibility index (Phi) is 4.68. The first kappa shape index (κ1) is 18.7. The molecule has 4 fully saturated rings. The molecule has 0 saturated heterocycles. The average Bonchev–Trinajstić information content (AvgIpc) is 2.83. The Hall–Kier alpha value is -1.65. The van der Waals surface area contributed by atoms with E-state index in [0.717, 1.165) is 54.0 Å². The summed E-state index contributed by atoms with van der Waals surface area (Å²) in [7, 11) is 1.91. The molecular weight excluding hydrogens is 340 g/mol. The van der Waals surface area contributed by atoms with Gasteiger partial charge in [0.25, 0.3) is 0 Å². The van der Waals surface area contributed by atoms with Crippen LogP contribution in [0.5, 0.6) is 0 Å². The summed E-state index contributed by atoms with van der Waals surface area (Å²) >= 11 is 0. The van der Waals surface area contributed by atoms with E-state index in [1.54, 1.807) is 6.92 Å². The van der Waals surface area contributed by atoms with Gasteiger partial charge in [-0.2, -0.15) is 5.10 Å². The molecule has 1 atom stereocenters. The number of rotatable bonds is 6. The fourth-order valence-electron chi connectivity index (χ4n) is 6.56. The van der Waals surface area contributed by atoms with Gasteiger partial charge in [0.1, 0.15) is 0 Å². The number of aryl methyl sites for hydroxylation is 2. The van der Waals surface area contributed by atoms with Crippen LogP contribution in [0.2, 0.25) is 0 Å². The number of carbonyl (C=O) groups excluding carboxylic acids is 2. The highest BCUT2D eigenvalue weighted by atomic mass is 16.5. The molecule has 1 heterocycles. The number of nitrogens with zero attached hydrogens (tertiary/aromatic N) is 2. The van der Waals surface area contributed by atoms with Gasteiger partial charge in [-0.25, -0.2) is 0 Å². The van der Waals surface area contributed by atoms with Crippen LogP contribution in [0, 0.1) is 37.0 Å². The highest BCUT2D eigenvalue weighted by molar-refractivity contribution is 5.90. The minimum atomic E-state index is -0.621. The summed E-state index contributed by atoms with van der Waals surface area (Å²) in [6.45, 7) is 5.76. The molecular formula is C22H32N2O3. The lowest BCUT2D eigenvalue weighted by atomic mass is 9.48. The van der Waals surface area contributed by atoms with Crippen LogP contribution in [0.4, 0.5) is 0 Å². The molecule has 4 aliphatic rings. The zero-order valence-corrected chi connectivity index (χ0v) is 17.1. The van der Waals surface area contributed by atoms with Crippen molar-refractivity contribution in [3.05, 3.63) is 17.0 Å². The van der Waals surface area contributed by atoms with Gasteiger partial charge in [-0.05, 0) is 89.0 Å². The third-order valence-electron chi connectivity index (χ3n) is 7.48. The van der Waals surface area contributed by atoms with Crippen LogP contribution in [0.3, 0.4) is 0 Å². The summed E-state index contributed by atoms with van der Waals surface area (Å²) in [6.07, 6.45) is 7.29. The van der Waals surface area contributed by atoms with E-state index in [1.165, 1.54) is 19.3 Å². The van der Waals surface area contributed by atoms with Crippen molar-refractivity contribution < 1.29 is 14.3 Å². The van der Waals surface area contributed by atoms with Crippen LogP contribution in [-0.2, 0) is 27.8 Å². The van der Waals surface area contributed by atoms with Crippen LogP contribution < -0.4 is 0 Å². The number of ether oxygens (including phenoxy) is 1. The van der Waals surface area contributed by atoms with Crippen molar-refractivity contribution in [2.75, 3.05) is 0 Å². The number of Topliss-reactive ketones (excluding diaryl/α,β-unsaturated/α-hetero) is 1. The molecule has 5 nitrogen and oxygen atoms in total. The normalized spacial score (nSPS) is 32.5. The molecule has 0 N–H and O–H groups in total. The maximum atomic E-state index is 13.2. The van der Waals surface area contributed by atoms with Gasteiger partial charge in [-0.1, -0.05) is 0 Å². The van der Waals surface area contributed by atoms with Gasteiger partial charge in [0.2, 0.25) is 0 Å². The second-order valence-electron chi connectivity index (χ2n) is 9.47. The molecule has 0 aromatic carbocycles. The number of aromatic nitrogens is 2. The lowest BCUT2D eigenvalue weighted by Gasteiger charge is -2.56. The summed E-state index contributed by atoms with van der Waals surface area (Å²) in [4.78, 5) is 25.6. The number of hydrogen-bond acceptors (Lipinski definition) is 4. The fraction of sp³-hybridized carbons (Fsp3) is 0.773. The Labute approximate surface area is 161 Å². The first-order valence-corrected chi connectivity index (χ1v) is 10.5. The minimum Gasteiger partial charge on any atom is -0.455 e. The van der Waals surface area contributed by atoms with Crippen molar-refractivity contribution in [2.24, 2.45) is 30.2 Å². The van der Waals surface area contributed by atoms with Crippen molar-refractivity contribution in [3.8, 4) is 0 Å². The van der Waals surface area contributed by atoms with Crippen LogP contribution in [0.25, 0.3) is 0 Å². The molecule has 148 valence electrons. The number of ketones is 1. The van der Waals surface area contributed by atoms with Gasteiger partial charge < -0.3 is 4.74 Å². The highest BCUT2D eigenvalue weighted by Crippen LogP contribution is 2.60. The van der Waals surface area contributed by atoms with E-state index in [0.29, 0.717) is 12.8 Å². The molecule has 5 rings (SSSR count). The molecule has 4 aliphatic carbocycles. The first-order chi connectivity index (χ1) is 12.8. The minimum absolute atomic E-state index is 0.184. The van der Waals surface area contributed by atoms with Crippen molar-refractivity contribution in [2.45, 2.75) is 78.2 Å². The summed E-state index contributed by atoms with van der Waals surface area (Å²) in [6, 6.07) is 0. The Morgan fingerprint density at radius 1 is 1.15 bits per heavy atom. The molecule has 4 saturated carbocycles. The molecule has 27 heavy (non-hydrogen) atoms. The monoisotopic (exact) mass is 372 g/mol. The average molecular weight is 373 g/mol. The molecule has 1 aromatic rings. The predicted octanol–water partition coefficient (Wildman–Crippen LogP) is 3.69. The van der Waals surface area contributed by atoms with Crippen molar-refractivity contribution >= 4 is 11.8 Å². The Bertz CT molecular complexity index is 729. The van der Waals surface area contributed by atoms with Crippen LogP contribution in [0.15, 0.2) is 0 Å². The highest BCUT2D eigenvalue weighted by Gasteiger charge is 2.55. The molecule has 0 unspecified atom stereocenters. The van der Waals surface area contributed by atoms with Crippen molar-refractivity contribution in [1.82, 2.24) is 9.78 Å². The van der Waals surface area contributed by atoms with Gasteiger partial charge in [-0.3, -0.25) is 14.3 Å². The second kappa shape index (κ2) is 6.75. The van der Waals surface area contributed by atoms with E-state index in [1.807, 2.05) is 25.6 Å². The first-order valence-electron chi connectivity index (χ1n) is 10.5. The molecule has 0 radical (unpaired) electrons. The summed E-state index contributed by atoms with van der Waals surface area (Å²) < 4.78 is 7.44. The lowest BCUT2D eigenvalue weighted by molar-refractivity contribution is -0.164. The van der Waals surface area contributed by atoms with E-state index in [2.05, 4.69) is 5.10 Å². The largest absolute Gasteiger partial charge is 0.455 e. The lowest BCUT2D eigenvalue weighted by Crippen LogP contribution is -2.52. The third-order valence-corrected chi connectivity index (χ3v) is 7.48. The SMILES string of the molecule is Cc1nn(C)c(C)c1CCC(=O)O[C@@H](C)C(=O)C12CC3CC(CC(C3)C1)C2. The summed E-state index contributed by atoms with van der Waals surface area (Å²) in [5.74, 6) is 2.07. The van der Waals surface area contributed by atoms with E-state index in [9.17, 15) is 9.59 Å². The van der Waals surface area contributed by atoms with Gasteiger partial charge in [0.05, 0.1) is 5.69 Å². The van der Waals surface area contributed by atoms with Gasteiger partial charge >= 0.3 is 5.97 Å². The number of carbonyl (C=O) groups is 2. The topological polar surface area (TPSA) is 61.2 Å². The Morgan fingerprint density at radius 3 is 2.19 bits per heavy atom. The molecule has 0 amide bonds. The van der Waals surface area contributed by atoms with E-state index < -0.39 is 6.10 Å². The van der Waals surface area contributed by atoms with Crippen LogP contribution in [0.1, 0.15) is 68.8 Å². The van der Waals surface area contributed by atoms with Gasteiger partial charge in [0.15, 0.2) is 11.9 Å². The molecule has 5 heteroatoms. The van der Waals surface area contributed by atoms with Gasteiger partial charge in [-0.15, -0.1) is 0 Å². The molecule has 4 bridgehead atoms. The smallest absolute Gasteiger partial charge is 0.306 e. The van der Waals surface area contributed by atoms with E-state index >= 15 is 0 Å². The van der Waals surface area contributed by atoms with Crippen molar-refractivity contribution in [1.29, 1.82) is 0 Å². The maximum Gasteiger partial charge on any atom is 0.306 e. The van der Waals surface area contributed by atoms with Crippen molar-refractivity contribution in [3.63, 3.8) is 0 Å². The summed E-state index contributed by atoms with van der Waals surface area (Å²) in [5.41, 5.74) is 2.94. The zero-order chi connectivity index (χ0) is 19.3. The fourth-order valence-corrected chi connectivity index (χ4v) is 6.56. The molecule has 1 aromatic heterocycles. The maximum absolute atomic E-state index is 13.2. The quantitative estimate of drug-likeness (QED) is 0.715. The predicted molar refractivity (Wildman–Crippen MR) is 102 cm³/mol.